The van der Waals surface area contributed by atoms with Crippen LogP contribution in [-0.2, 0) is 0 Å². The Bertz CT molecular complexity index is 1050. The topological polar surface area (TPSA) is 113 Å². The Morgan fingerprint density at radius 2 is 1.90 bits per heavy atom. The van der Waals surface area contributed by atoms with E-state index >= 15 is 0 Å². The average Bonchev–Trinajstić information content (AvgIpc) is 2.68. The van der Waals surface area contributed by atoms with E-state index in [0.717, 1.165) is 16.8 Å². The van der Waals surface area contributed by atoms with Gasteiger partial charge in [0, 0.05) is 11.3 Å². The van der Waals surface area contributed by atoms with Crippen molar-refractivity contribution in [1.82, 2.24) is 5.32 Å². The minimum absolute atomic E-state index is 0.200. The van der Waals surface area contributed by atoms with Crippen LogP contribution < -0.4 is 15.4 Å². The first kappa shape index (κ1) is 20.2. The Morgan fingerprint density at radius 1 is 1.14 bits per heavy atom. The first-order valence-electron chi connectivity index (χ1n) is 9.23. The molecular formula is C22H23N5O2. The van der Waals surface area contributed by atoms with Crippen LogP contribution in [0.1, 0.15) is 42.1 Å². The second-order valence-electron chi connectivity index (χ2n) is 7.60. The molecule has 0 bridgehead atoms. The van der Waals surface area contributed by atoms with Gasteiger partial charge < -0.3 is 15.2 Å². The van der Waals surface area contributed by atoms with E-state index in [1.54, 1.807) is 32.0 Å². The summed E-state index contributed by atoms with van der Waals surface area (Å²) >= 11 is 0. The first-order valence-corrected chi connectivity index (χ1v) is 9.23. The molecule has 0 unspecified atom stereocenters. The summed E-state index contributed by atoms with van der Waals surface area (Å²) in [5, 5.41) is 35.0. The second-order valence-corrected chi connectivity index (χ2v) is 7.60. The molecule has 1 heterocycles. The van der Waals surface area contributed by atoms with Crippen LogP contribution in [0.15, 0.2) is 41.4 Å². The van der Waals surface area contributed by atoms with Gasteiger partial charge >= 0.3 is 0 Å². The van der Waals surface area contributed by atoms with E-state index in [2.05, 4.69) is 21.7 Å². The predicted octanol–water partition coefficient (Wildman–Crippen LogP) is 3.29. The lowest BCUT2D eigenvalue weighted by Gasteiger charge is -2.40. The highest BCUT2D eigenvalue weighted by atomic mass is 16.5. The van der Waals surface area contributed by atoms with E-state index < -0.39 is 17.7 Å². The summed E-state index contributed by atoms with van der Waals surface area (Å²) in [7, 11) is 0. The Morgan fingerprint density at radius 3 is 2.55 bits per heavy atom. The van der Waals surface area contributed by atoms with Gasteiger partial charge in [0.05, 0.1) is 11.6 Å². The maximum atomic E-state index is 10.9. The highest BCUT2D eigenvalue weighted by molar-refractivity contribution is 5.94. The van der Waals surface area contributed by atoms with Gasteiger partial charge in [0.15, 0.2) is 6.19 Å². The summed E-state index contributed by atoms with van der Waals surface area (Å²) in [5.74, 6) is 0.751. The predicted molar refractivity (Wildman–Crippen MR) is 110 cm³/mol. The molecule has 0 saturated heterocycles. The number of aliphatic hydroxyl groups excluding tert-OH is 1. The van der Waals surface area contributed by atoms with Crippen LogP contribution in [0.25, 0.3) is 0 Å². The average molecular weight is 389 g/mol. The van der Waals surface area contributed by atoms with E-state index in [4.69, 9.17) is 4.74 Å². The first-order chi connectivity index (χ1) is 13.7. The minimum Gasteiger partial charge on any atom is -0.485 e. The molecule has 0 saturated carbocycles. The SMILES string of the molecule is Cc1ccc(NC(=N[C@H]2c3cc(C#N)ccc3OC(C)(C)[C@@H]2O)NC#N)cc1C. The molecule has 1 aliphatic heterocycles. The molecule has 7 nitrogen and oxygen atoms in total. The van der Waals surface area contributed by atoms with Gasteiger partial charge in [-0.2, -0.15) is 10.5 Å². The van der Waals surface area contributed by atoms with E-state index in [-0.39, 0.29) is 5.96 Å². The molecule has 0 radical (unpaired) electrons. The van der Waals surface area contributed by atoms with E-state index in [9.17, 15) is 15.6 Å². The number of anilines is 1. The molecule has 0 aliphatic carbocycles. The van der Waals surface area contributed by atoms with Crippen LogP contribution in [0.2, 0.25) is 0 Å². The summed E-state index contributed by atoms with van der Waals surface area (Å²) in [6.07, 6.45) is 0.892. The number of benzene rings is 2. The number of aliphatic hydroxyl groups is 1. The lowest BCUT2D eigenvalue weighted by atomic mass is 9.86. The van der Waals surface area contributed by atoms with Crippen molar-refractivity contribution < 1.29 is 9.84 Å². The summed E-state index contributed by atoms with van der Waals surface area (Å²) in [5.41, 5.74) is 3.16. The summed E-state index contributed by atoms with van der Waals surface area (Å²) in [6.45, 7) is 7.57. The lowest BCUT2D eigenvalue weighted by molar-refractivity contribution is -0.0567. The fourth-order valence-electron chi connectivity index (χ4n) is 3.22. The number of hydrogen-bond acceptors (Lipinski definition) is 5. The van der Waals surface area contributed by atoms with Crippen LogP contribution in [0, 0.1) is 36.6 Å². The van der Waals surface area contributed by atoms with Crippen LogP contribution in [0.5, 0.6) is 5.75 Å². The minimum atomic E-state index is -0.985. The molecule has 148 valence electrons. The third kappa shape index (κ3) is 4.16. The summed E-state index contributed by atoms with van der Waals surface area (Å²) in [4.78, 5) is 4.60. The van der Waals surface area contributed by atoms with Gasteiger partial charge in [0.2, 0.25) is 5.96 Å². The van der Waals surface area contributed by atoms with Gasteiger partial charge in [-0.05, 0) is 69.2 Å². The monoisotopic (exact) mass is 389 g/mol. The molecule has 0 aromatic heterocycles. The third-order valence-corrected chi connectivity index (χ3v) is 5.05. The molecular weight excluding hydrogens is 366 g/mol. The number of guanidine groups is 1. The van der Waals surface area contributed by atoms with Crippen molar-refractivity contribution >= 4 is 11.6 Å². The number of aryl methyl sites for hydroxylation is 2. The number of hydrogen-bond donors (Lipinski definition) is 3. The van der Waals surface area contributed by atoms with Crippen molar-refractivity contribution in [3.05, 3.63) is 58.7 Å². The lowest BCUT2D eigenvalue weighted by Crippen LogP contribution is -2.49. The number of ether oxygens (including phenoxy) is 1. The fraction of sp³-hybridized carbons (Fsp3) is 0.318. The number of fused-ring (bicyclic) bond motifs is 1. The molecule has 0 amide bonds. The van der Waals surface area contributed by atoms with Gasteiger partial charge in [-0.25, -0.2) is 4.99 Å². The molecule has 0 fully saturated rings. The quantitative estimate of drug-likeness (QED) is 0.314. The molecule has 29 heavy (non-hydrogen) atoms. The maximum absolute atomic E-state index is 10.9. The van der Waals surface area contributed by atoms with Crippen molar-refractivity contribution in [2.45, 2.75) is 45.4 Å². The van der Waals surface area contributed by atoms with Crippen molar-refractivity contribution in [1.29, 1.82) is 10.5 Å². The molecule has 3 rings (SSSR count). The van der Waals surface area contributed by atoms with E-state index in [1.807, 2.05) is 38.2 Å². The highest BCUT2D eigenvalue weighted by Crippen LogP contribution is 2.42. The largest absolute Gasteiger partial charge is 0.485 e. The van der Waals surface area contributed by atoms with Crippen LogP contribution in [0.4, 0.5) is 5.69 Å². The number of nitriles is 2. The van der Waals surface area contributed by atoms with Crippen LogP contribution >= 0.6 is 0 Å². The van der Waals surface area contributed by atoms with Crippen molar-refractivity contribution in [2.75, 3.05) is 5.32 Å². The molecule has 7 heteroatoms. The van der Waals surface area contributed by atoms with Gasteiger partial charge in [-0.1, -0.05) is 6.07 Å². The number of nitrogens with one attached hydrogen (secondary N) is 2. The van der Waals surface area contributed by atoms with Gasteiger partial charge in [-0.3, -0.25) is 5.32 Å². The zero-order chi connectivity index (χ0) is 21.2. The highest BCUT2D eigenvalue weighted by Gasteiger charge is 2.43. The molecule has 2 aromatic carbocycles. The molecule has 2 atom stereocenters. The van der Waals surface area contributed by atoms with Gasteiger partial charge in [0.1, 0.15) is 23.5 Å². The Hall–Kier alpha value is -3.55. The standard InChI is InChI=1S/C22H23N5O2/c1-13-5-7-16(9-14(13)2)26-21(25-12-24)27-19-17-10-15(11-23)6-8-18(17)29-22(3,4)20(19)28/h5-10,19-20,28H,1-4H3,(H2,25,26,27)/t19-,20+/m0/s1. The zero-order valence-corrected chi connectivity index (χ0v) is 16.8. The van der Waals surface area contributed by atoms with Crippen molar-refractivity contribution in [3.63, 3.8) is 0 Å². The molecule has 2 aromatic rings. The number of rotatable bonds is 2. The third-order valence-electron chi connectivity index (χ3n) is 5.05. The fourth-order valence-corrected chi connectivity index (χ4v) is 3.22. The van der Waals surface area contributed by atoms with Gasteiger partial charge in [-0.15, -0.1) is 0 Å². The Labute approximate surface area is 170 Å². The molecule has 3 N–H and O–H groups in total. The second kappa shape index (κ2) is 7.83. The summed E-state index contributed by atoms with van der Waals surface area (Å²) < 4.78 is 5.92. The van der Waals surface area contributed by atoms with Gasteiger partial charge in [0.25, 0.3) is 0 Å². The summed E-state index contributed by atoms with van der Waals surface area (Å²) in [6, 6.07) is 12.2. The number of aliphatic imine (C=N–C) groups is 1. The molecule has 0 spiro atoms. The van der Waals surface area contributed by atoms with Crippen molar-refractivity contribution in [3.8, 4) is 18.0 Å². The smallest absolute Gasteiger partial charge is 0.209 e. The Kier molecular flexibility index (Phi) is 5.45. The van der Waals surface area contributed by atoms with Crippen LogP contribution in [0.3, 0.4) is 0 Å². The zero-order valence-electron chi connectivity index (χ0n) is 16.8. The molecule has 1 aliphatic rings. The van der Waals surface area contributed by atoms with E-state index in [0.29, 0.717) is 16.9 Å². The van der Waals surface area contributed by atoms with E-state index in [1.165, 1.54) is 0 Å². The maximum Gasteiger partial charge on any atom is 0.209 e. The Balaban J connectivity index is 2.05. The van der Waals surface area contributed by atoms with Crippen LogP contribution in [-0.4, -0.2) is 22.8 Å². The number of nitrogens with zero attached hydrogens (tertiary/aromatic N) is 3. The normalized spacial score (nSPS) is 19.9. The van der Waals surface area contributed by atoms with Crippen molar-refractivity contribution in [2.24, 2.45) is 4.99 Å².